The van der Waals surface area contributed by atoms with Crippen LogP contribution in [0, 0.1) is 18.2 Å². The summed E-state index contributed by atoms with van der Waals surface area (Å²) in [7, 11) is 0. The molecule has 0 bridgehead atoms. The fourth-order valence-corrected chi connectivity index (χ4v) is 8.22. The van der Waals surface area contributed by atoms with E-state index in [1.807, 2.05) is 6.92 Å². The molecule has 4 atom stereocenters. The topological polar surface area (TPSA) is 98.2 Å². The fraction of sp³-hybridized carbons (Fsp3) is 0.394. The Morgan fingerprint density at radius 3 is 2.85 bits per heavy atom. The zero-order valence-corrected chi connectivity index (χ0v) is 25.9. The number of hydrogen-bond acceptors (Lipinski definition) is 8. The third kappa shape index (κ3) is 4.91. The predicted molar refractivity (Wildman–Crippen MR) is 170 cm³/mol. The molecule has 2 aromatic carbocycles. The second kappa shape index (κ2) is 11.4. The molecule has 0 saturated carbocycles. The van der Waals surface area contributed by atoms with E-state index in [-0.39, 0.29) is 74.2 Å². The Kier molecular flexibility index (Phi) is 7.52. The number of nitrogen functional groups attached to an aromatic ring is 1. The van der Waals surface area contributed by atoms with Gasteiger partial charge in [0.2, 0.25) is 17.5 Å². The van der Waals surface area contributed by atoms with Crippen LogP contribution in [0.25, 0.3) is 37.0 Å². The lowest BCUT2D eigenvalue weighted by Crippen LogP contribution is -2.43. The minimum atomic E-state index is -0.954. The van der Waals surface area contributed by atoms with Gasteiger partial charge in [0.25, 0.3) is 0 Å². The van der Waals surface area contributed by atoms with Gasteiger partial charge in [-0.3, -0.25) is 9.69 Å². The summed E-state index contributed by atoms with van der Waals surface area (Å²) in [5.41, 5.74) is 5.89. The van der Waals surface area contributed by atoms with E-state index in [9.17, 15) is 13.6 Å². The Labute approximate surface area is 267 Å². The normalized spacial score (nSPS) is 24.4. The highest BCUT2D eigenvalue weighted by Gasteiger charge is 2.49. The van der Waals surface area contributed by atoms with E-state index < -0.39 is 29.4 Å². The van der Waals surface area contributed by atoms with Gasteiger partial charge in [-0.1, -0.05) is 18.7 Å². The molecule has 0 spiro atoms. The van der Waals surface area contributed by atoms with Gasteiger partial charge in [-0.25, -0.2) is 18.0 Å². The second-order valence-electron chi connectivity index (χ2n) is 12.2. The Hall–Kier alpha value is -4.41. The molecule has 3 aliphatic rings. The number of anilines is 1. The maximum Gasteiger partial charge on any atom is 0.320 e. The Balaban J connectivity index is 1.32. The van der Waals surface area contributed by atoms with Crippen LogP contribution in [0.4, 0.5) is 23.9 Å². The number of likely N-dealkylation sites (tertiary alicyclic amines) is 1. The van der Waals surface area contributed by atoms with Gasteiger partial charge in [-0.15, -0.1) is 11.3 Å². The van der Waals surface area contributed by atoms with Gasteiger partial charge in [-0.05, 0) is 50.1 Å². The van der Waals surface area contributed by atoms with Crippen molar-refractivity contribution in [1.29, 1.82) is 0 Å². The minimum absolute atomic E-state index is 0.0572. The average molecular weight is 649 g/mol. The fourth-order valence-electron chi connectivity index (χ4n) is 7.28. The molecule has 1 amide bonds. The summed E-state index contributed by atoms with van der Waals surface area (Å²) < 4.78 is 58.5. The van der Waals surface area contributed by atoms with Gasteiger partial charge in [0, 0.05) is 36.4 Å². The van der Waals surface area contributed by atoms with Crippen LogP contribution in [0.2, 0.25) is 0 Å². The van der Waals surface area contributed by atoms with Crippen LogP contribution in [-0.2, 0) is 4.79 Å². The summed E-state index contributed by atoms with van der Waals surface area (Å²) >= 11 is 0.937. The number of alkyl halides is 1. The lowest BCUT2D eigenvalue weighted by atomic mass is 9.95. The lowest BCUT2D eigenvalue weighted by Gasteiger charge is -2.30. The number of amides is 1. The van der Waals surface area contributed by atoms with Crippen LogP contribution < -0.4 is 15.2 Å². The van der Waals surface area contributed by atoms with Crippen LogP contribution >= 0.6 is 11.3 Å². The summed E-state index contributed by atoms with van der Waals surface area (Å²) in [6.45, 7) is 14.7. The first-order valence-corrected chi connectivity index (χ1v) is 15.9. The first-order chi connectivity index (χ1) is 22.1. The highest BCUT2D eigenvalue weighted by Crippen LogP contribution is 2.47. The van der Waals surface area contributed by atoms with Crippen LogP contribution in [0.15, 0.2) is 36.9 Å². The molecule has 9 nitrogen and oxygen atoms in total. The van der Waals surface area contributed by atoms with E-state index in [2.05, 4.69) is 26.3 Å². The number of carbonyl (C=O) groups is 1. The molecule has 4 aromatic rings. The largest absolute Gasteiger partial charge is 0.472 e. The van der Waals surface area contributed by atoms with E-state index in [0.717, 1.165) is 30.7 Å². The zero-order valence-electron chi connectivity index (χ0n) is 25.1. The van der Waals surface area contributed by atoms with Crippen LogP contribution in [0.5, 0.6) is 11.9 Å². The first kappa shape index (κ1) is 30.3. The molecule has 238 valence electrons. The van der Waals surface area contributed by atoms with Crippen LogP contribution in [-0.4, -0.2) is 75.8 Å². The van der Waals surface area contributed by atoms with Crippen molar-refractivity contribution >= 4 is 48.9 Å². The predicted octanol–water partition coefficient (Wildman–Crippen LogP) is 6.43. The zero-order chi connectivity index (χ0) is 32.3. The number of nitrogens with two attached hydrogens (primary N) is 1. The minimum Gasteiger partial charge on any atom is -0.472 e. The number of nitrogens with zero attached hydrogens (tertiary/aromatic N) is 5. The Bertz CT molecular complexity index is 1950. The second-order valence-corrected chi connectivity index (χ2v) is 13.3. The molecule has 2 aromatic heterocycles. The molecule has 7 rings (SSSR count). The average Bonchev–Trinajstić information content (AvgIpc) is 3.77. The SMILES string of the molecule is [C-]#[N+]c1c(N)sc2c(F)ccc(-c3ccc4c(OC5CC(C)N(C(=O)C=C)C5)nc(OCC56CCCN5CC(F)C6)nc4c3F)c12. The van der Waals surface area contributed by atoms with Crippen molar-refractivity contribution in [3.63, 3.8) is 0 Å². The maximum atomic E-state index is 16.7. The molecule has 46 heavy (non-hydrogen) atoms. The van der Waals surface area contributed by atoms with Crippen LogP contribution in [0.3, 0.4) is 0 Å². The van der Waals surface area contributed by atoms with Gasteiger partial charge in [0.05, 0.1) is 33.7 Å². The number of carbonyl (C=O) groups excluding carboxylic acids is 1. The number of halogens is 3. The third-order valence-electron chi connectivity index (χ3n) is 9.45. The molecular formula is C33H31F3N6O3S. The molecule has 3 fully saturated rings. The number of rotatable bonds is 7. The molecule has 0 radical (unpaired) electrons. The molecule has 13 heteroatoms. The van der Waals surface area contributed by atoms with Crippen LogP contribution in [0.1, 0.15) is 32.6 Å². The summed E-state index contributed by atoms with van der Waals surface area (Å²) in [5, 5.41) is 0.643. The van der Waals surface area contributed by atoms with E-state index in [1.165, 1.54) is 24.3 Å². The molecule has 3 aliphatic heterocycles. The third-order valence-corrected chi connectivity index (χ3v) is 10.5. The van der Waals surface area contributed by atoms with E-state index in [0.29, 0.717) is 24.9 Å². The number of fused-ring (bicyclic) bond motifs is 3. The quantitative estimate of drug-likeness (QED) is 0.182. The highest BCUT2D eigenvalue weighted by atomic mass is 32.1. The van der Waals surface area contributed by atoms with E-state index in [4.69, 9.17) is 21.8 Å². The van der Waals surface area contributed by atoms with Gasteiger partial charge in [0.15, 0.2) is 5.82 Å². The van der Waals surface area contributed by atoms with Crippen molar-refractivity contribution < 1.29 is 27.4 Å². The monoisotopic (exact) mass is 648 g/mol. The Morgan fingerprint density at radius 2 is 2.07 bits per heavy atom. The van der Waals surface area contributed by atoms with E-state index in [1.54, 1.807) is 11.0 Å². The molecule has 4 unspecified atom stereocenters. The number of benzene rings is 2. The van der Waals surface area contributed by atoms with Crippen molar-refractivity contribution in [3.8, 4) is 23.0 Å². The lowest BCUT2D eigenvalue weighted by molar-refractivity contribution is -0.126. The van der Waals surface area contributed by atoms with Crippen molar-refractivity contribution in [2.24, 2.45) is 0 Å². The molecular weight excluding hydrogens is 617 g/mol. The molecule has 5 heterocycles. The van der Waals surface area contributed by atoms with E-state index >= 15 is 4.39 Å². The van der Waals surface area contributed by atoms with Crippen molar-refractivity contribution in [1.82, 2.24) is 19.8 Å². The summed E-state index contributed by atoms with van der Waals surface area (Å²) in [6, 6.07) is 5.54. The van der Waals surface area contributed by atoms with Gasteiger partial charge < -0.3 is 20.1 Å². The Morgan fingerprint density at radius 1 is 1.26 bits per heavy atom. The highest BCUT2D eigenvalue weighted by molar-refractivity contribution is 7.23. The van der Waals surface area contributed by atoms with Crippen molar-refractivity contribution in [2.75, 3.05) is 32.0 Å². The van der Waals surface area contributed by atoms with Gasteiger partial charge in [0.1, 0.15) is 30.2 Å². The summed E-state index contributed by atoms with van der Waals surface area (Å²) in [5.74, 6) is -1.43. The standard InChI is InChI=1S/C33H31F3N6O3S/c1-4-24(43)42-15-19(12-17(42)2)45-31-22-7-6-21(20-8-9-23(35)29-25(20)28(38-3)30(37)46-29)26(36)27(22)39-32(40-31)44-16-33-10-5-11-41(33)14-18(34)13-33/h4,6-9,17-19H,1,5,10-16,37H2,2H3. The maximum absolute atomic E-state index is 16.7. The first-order valence-electron chi connectivity index (χ1n) is 15.1. The molecule has 0 aliphatic carbocycles. The van der Waals surface area contributed by atoms with Crippen molar-refractivity contribution in [2.45, 2.75) is 56.5 Å². The summed E-state index contributed by atoms with van der Waals surface area (Å²) in [4.78, 5) is 28.6. The van der Waals surface area contributed by atoms with Gasteiger partial charge in [-0.2, -0.15) is 9.97 Å². The van der Waals surface area contributed by atoms with Gasteiger partial charge >= 0.3 is 6.01 Å². The smallest absolute Gasteiger partial charge is 0.320 e. The number of thiophene rings is 1. The number of hydrogen-bond donors (Lipinski definition) is 1. The van der Waals surface area contributed by atoms with Crippen molar-refractivity contribution in [3.05, 3.63) is 60.0 Å². The summed E-state index contributed by atoms with van der Waals surface area (Å²) in [6.07, 6.45) is 2.41. The molecule has 3 saturated heterocycles. The molecule has 2 N–H and O–H groups in total. The number of ether oxygens (including phenoxy) is 2. The number of aromatic nitrogens is 2.